The third kappa shape index (κ3) is 1.40. The molecule has 0 amide bonds. The van der Waals surface area contributed by atoms with E-state index in [9.17, 15) is 4.79 Å². The van der Waals surface area contributed by atoms with Crippen LogP contribution in [0.1, 0.15) is 40.5 Å². The predicted molar refractivity (Wildman–Crippen MR) is 50.1 cm³/mol. The topological polar surface area (TPSA) is 20.3 Å². The molecule has 12 heavy (non-hydrogen) atoms. The van der Waals surface area contributed by atoms with Crippen molar-refractivity contribution in [2.24, 2.45) is 0 Å². The molecule has 0 aromatic rings. The van der Waals surface area contributed by atoms with Gasteiger partial charge in [0, 0.05) is 6.04 Å². The van der Waals surface area contributed by atoms with Gasteiger partial charge in [-0.05, 0) is 27.2 Å². The summed E-state index contributed by atoms with van der Waals surface area (Å²) in [6.07, 6.45) is 2.13. The van der Waals surface area contributed by atoms with E-state index in [1.165, 1.54) is 0 Å². The van der Waals surface area contributed by atoms with E-state index in [4.69, 9.17) is 0 Å². The van der Waals surface area contributed by atoms with Crippen molar-refractivity contribution in [3.63, 3.8) is 0 Å². The van der Waals surface area contributed by atoms with E-state index in [-0.39, 0.29) is 12.1 Å². The van der Waals surface area contributed by atoms with Crippen LogP contribution in [0.15, 0.2) is 0 Å². The fourth-order valence-electron chi connectivity index (χ4n) is 2.13. The zero-order chi connectivity index (χ0) is 9.30. The Morgan fingerprint density at radius 2 is 2.08 bits per heavy atom. The smallest absolute Gasteiger partial charge is 0.166 e. The lowest BCUT2D eigenvalue weighted by Gasteiger charge is -2.48. The van der Waals surface area contributed by atoms with Crippen LogP contribution in [0.2, 0.25) is 0 Å². The largest absolute Gasteiger partial charge is 0.296 e. The molecule has 1 aliphatic rings. The molecule has 0 aliphatic carbocycles. The second kappa shape index (κ2) is 3.56. The normalized spacial score (nSPS) is 30.9. The van der Waals surface area contributed by atoms with Gasteiger partial charge in [-0.25, -0.2) is 0 Å². The minimum absolute atomic E-state index is 0.168. The number of nitrogens with zero attached hydrogens (tertiary/aromatic N) is 1. The molecule has 0 unspecified atom stereocenters. The van der Waals surface area contributed by atoms with Crippen molar-refractivity contribution in [3.05, 3.63) is 0 Å². The van der Waals surface area contributed by atoms with Gasteiger partial charge in [-0.15, -0.1) is 0 Å². The minimum Gasteiger partial charge on any atom is -0.296 e. The van der Waals surface area contributed by atoms with E-state index in [1.54, 1.807) is 0 Å². The Labute approximate surface area is 74.9 Å². The van der Waals surface area contributed by atoms with E-state index < -0.39 is 0 Å². The summed E-state index contributed by atoms with van der Waals surface area (Å²) in [6, 6.07) is 0.904. The van der Waals surface area contributed by atoms with E-state index >= 15 is 0 Å². The Kier molecular flexibility index (Phi) is 2.89. The highest BCUT2D eigenvalue weighted by atomic mass is 16.1. The standard InChI is InChI=1S/C10H19NO/c1-5-6-9-10(12)8(4)11(9)7(2)3/h7-9H,5-6H2,1-4H3/t8-,9+/m0/s1. The number of hydrogen-bond donors (Lipinski definition) is 0. The van der Waals surface area contributed by atoms with Gasteiger partial charge in [-0.3, -0.25) is 9.69 Å². The average Bonchev–Trinajstić information content (AvgIpc) is 2.02. The monoisotopic (exact) mass is 169 g/mol. The van der Waals surface area contributed by atoms with E-state index in [0.29, 0.717) is 11.8 Å². The molecule has 70 valence electrons. The summed E-state index contributed by atoms with van der Waals surface area (Å²) in [4.78, 5) is 13.7. The van der Waals surface area contributed by atoms with Crippen LogP contribution in [0, 0.1) is 0 Å². The first-order valence-corrected chi connectivity index (χ1v) is 4.90. The van der Waals surface area contributed by atoms with Crippen molar-refractivity contribution >= 4 is 5.78 Å². The summed E-state index contributed by atoms with van der Waals surface area (Å²) in [6.45, 7) is 8.46. The van der Waals surface area contributed by atoms with Crippen molar-refractivity contribution in [2.45, 2.75) is 58.7 Å². The van der Waals surface area contributed by atoms with Crippen LogP contribution >= 0.6 is 0 Å². The Balaban J connectivity index is 2.55. The van der Waals surface area contributed by atoms with Gasteiger partial charge in [-0.2, -0.15) is 0 Å². The van der Waals surface area contributed by atoms with Crippen LogP contribution in [0.25, 0.3) is 0 Å². The van der Waals surface area contributed by atoms with Gasteiger partial charge in [0.05, 0.1) is 12.1 Å². The predicted octanol–water partition coefficient (Wildman–Crippen LogP) is 1.84. The molecule has 1 heterocycles. The zero-order valence-corrected chi connectivity index (χ0v) is 8.50. The molecule has 2 atom stereocenters. The Hall–Kier alpha value is -0.370. The molecular weight excluding hydrogens is 150 g/mol. The SMILES string of the molecule is CCC[C@@H]1C(=O)[C@H](C)N1C(C)C. The number of rotatable bonds is 3. The van der Waals surface area contributed by atoms with Crippen LogP contribution in [-0.2, 0) is 4.79 Å². The number of carbonyl (C=O) groups excluding carboxylic acids is 1. The first-order valence-electron chi connectivity index (χ1n) is 4.90. The molecule has 2 nitrogen and oxygen atoms in total. The molecule has 0 aromatic carbocycles. The van der Waals surface area contributed by atoms with Gasteiger partial charge in [-0.1, -0.05) is 13.3 Å². The number of likely N-dealkylation sites (tertiary alicyclic amines) is 1. The molecular formula is C10H19NO. The molecule has 0 spiro atoms. The quantitative estimate of drug-likeness (QED) is 0.642. The van der Waals surface area contributed by atoms with Crippen LogP contribution < -0.4 is 0 Å². The zero-order valence-electron chi connectivity index (χ0n) is 8.50. The summed E-state index contributed by atoms with van der Waals surface area (Å²) in [7, 11) is 0. The maximum Gasteiger partial charge on any atom is 0.166 e. The molecule has 2 heteroatoms. The molecule has 1 aliphatic heterocycles. The fourth-order valence-corrected chi connectivity index (χ4v) is 2.13. The number of hydrogen-bond acceptors (Lipinski definition) is 2. The highest BCUT2D eigenvalue weighted by molar-refractivity contribution is 5.94. The van der Waals surface area contributed by atoms with E-state index in [2.05, 4.69) is 25.7 Å². The summed E-state index contributed by atoms with van der Waals surface area (Å²) >= 11 is 0. The first-order chi connectivity index (χ1) is 5.59. The molecule has 1 rings (SSSR count). The summed E-state index contributed by atoms with van der Waals surface area (Å²) in [5.41, 5.74) is 0. The second-order valence-electron chi connectivity index (χ2n) is 3.92. The van der Waals surface area contributed by atoms with Crippen LogP contribution in [0.3, 0.4) is 0 Å². The molecule has 0 N–H and O–H groups in total. The van der Waals surface area contributed by atoms with Gasteiger partial charge in [0.1, 0.15) is 0 Å². The Bertz CT molecular complexity index is 177. The van der Waals surface area contributed by atoms with Crippen LogP contribution in [0.4, 0.5) is 0 Å². The first kappa shape index (κ1) is 9.72. The van der Waals surface area contributed by atoms with Crippen LogP contribution in [-0.4, -0.2) is 28.8 Å². The highest BCUT2D eigenvalue weighted by Gasteiger charge is 2.44. The highest BCUT2D eigenvalue weighted by Crippen LogP contribution is 2.27. The summed E-state index contributed by atoms with van der Waals surface area (Å²) < 4.78 is 0. The lowest BCUT2D eigenvalue weighted by atomic mass is 9.87. The fraction of sp³-hybridized carbons (Fsp3) is 0.900. The van der Waals surface area contributed by atoms with Crippen molar-refractivity contribution in [1.82, 2.24) is 4.90 Å². The summed E-state index contributed by atoms with van der Waals surface area (Å²) in [5, 5.41) is 0. The summed E-state index contributed by atoms with van der Waals surface area (Å²) in [5.74, 6) is 0.436. The lowest BCUT2D eigenvalue weighted by Crippen LogP contribution is -2.65. The van der Waals surface area contributed by atoms with E-state index in [1.807, 2.05) is 6.92 Å². The number of ketones is 1. The molecule has 0 bridgehead atoms. The average molecular weight is 169 g/mol. The van der Waals surface area contributed by atoms with Gasteiger partial charge in [0.2, 0.25) is 0 Å². The third-order valence-electron chi connectivity index (χ3n) is 2.71. The van der Waals surface area contributed by atoms with Gasteiger partial charge in [0.25, 0.3) is 0 Å². The Morgan fingerprint density at radius 1 is 1.50 bits per heavy atom. The molecule has 1 saturated heterocycles. The van der Waals surface area contributed by atoms with Gasteiger partial charge >= 0.3 is 0 Å². The van der Waals surface area contributed by atoms with Crippen molar-refractivity contribution < 1.29 is 4.79 Å². The molecule has 1 fully saturated rings. The number of Topliss-reactive ketones (excluding diaryl/α,β-unsaturated/α-hetero) is 1. The number of carbonyl (C=O) groups is 1. The van der Waals surface area contributed by atoms with Crippen molar-refractivity contribution in [1.29, 1.82) is 0 Å². The van der Waals surface area contributed by atoms with Crippen molar-refractivity contribution in [2.75, 3.05) is 0 Å². The second-order valence-corrected chi connectivity index (χ2v) is 3.92. The minimum atomic E-state index is 0.168. The maximum atomic E-state index is 11.4. The van der Waals surface area contributed by atoms with Gasteiger partial charge < -0.3 is 0 Å². The Morgan fingerprint density at radius 3 is 2.50 bits per heavy atom. The van der Waals surface area contributed by atoms with Crippen molar-refractivity contribution in [3.8, 4) is 0 Å². The lowest BCUT2D eigenvalue weighted by molar-refractivity contribution is -0.147. The molecule has 0 saturated carbocycles. The molecule has 0 radical (unpaired) electrons. The molecule has 0 aromatic heterocycles. The van der Waals surface area contributed by atoms with Crippen LogP contribution in [0.5, 0.6) is 0 Å². The third-order valence-corrected chi connectivity index (χ3v) is 2.71. The maximum absolute atomic E-state index is 11.4. The van der Waals surface area contributed by atoms with E-state index in [0.717, 1.165) is 12.8 Å². The van der Waals surface area contributed by atoms with Gasteiger partial charge in [0.15, 0.2) is 5.78 Å².